The number of hydrogen-bond acceptors (Lipinski definition) is 2. The largest absolute Gasteiger partial charge is 0.546 e. The molecule has 1 heterocycles. The molecule has 0 spiro atoms. The summed E-state index contributed by atoms with van der Waals surface area (Å²) in [5.41, 5.74) is 1.08. The van der Waals surface area contributed by atoms with Crippen LogP contribution in [-0.4, -0.2) is 10.5 Å². The summed E-state index contributed by atoms with van der Waals surface area (Å²) in [6.07, 6.45) is 7.57. The van der Waals surface area contributed by atoms with E-state index >= 15 is 0 Å². The molecule has 0 aliphatic heterocycles. The van der Waals surface area contributed by atoms with Gasteiger partial charge in [0.25, 0.3) is 5.82 Å². The van der Waals surface area contributed by atoms with Gasteiger partial charge in [0, 0.05) is 13.3 Å². The number of hydrogen-bond donors (Lipinski definition) is 0. The normalized spacial score (nSPS) is 10.8. The van der Waals surface area contributed by atoms with Crippen LogP contribution in [-0.2, 0) is 24.8 Å². The van der Waals surface area contributed by atoms with Crippen LogP contribution in [0, 0.1) is 6.92 Å². The molecule has 96 valence electrons. The molecule has 0 N–H and O–H groups in total. The smallest absolute Gasteiger partial charge is 0.256 e. The molecule has 0 unspecified atom stereocenters. The minimum absolute atomic E-state index is 0.0508. The van der Waals surface area contributed by atoms with Crippen molar-refractivity contribution in [2.75, 3.05) is 0 Å². The molecule has 0 saturated carbocycles. The lowest BCUT2D eigenvalue weighted by molar-refractivity contribution is -0.697. The maximum Gasteiger partial charge on any atom is 0.256 e. The van der Waals surface area contributed by atoms with E-state index < -0.39 is 5.97 Å². The highest BCUT2D eigenvalue weighted by Gasteiger charge is 2.17. The second-order valence-corrected chi connectivity index (χ2v) is 4.56. The Bertz CT molecular complexity index is 383. The molecule has 1 rings (SSSR count). The van der Waals surface area contributed by atoms with E-state index in [-0.39, 0.29) is 6.54 Å². The van der Waals surface area contributed by atoms with Crippen LogP contribution >= 0.6 is 0 Å². The van der Waals surface area contributed by atoms with Crippen molar-refractivity contribution < 1.29 is 14.5 Å². The van der Waals surface area contributed by atoms with Crippen molar-refractivity contribution in [3.05, 3.63) is 17.7 Å². The summed E-state index contributed by atoms with van der Waals surface area (Å²) in [5.74, 6) is 0.0400. The van der Waals surface area contributed by atoms with Crippen molar-refractivity contribution in [2.24, 2.45) is 7.05 Å². The zero-order valence-electron chi connectivity index (χ0n) is 11.0. The number of unbranched alkanes of at least 4 members (excludes halogenated alkanes) is 3. The molecule has 1 aromatic rings. The van der Waals surface area contributed by atoms with Crippen LogP contribution in [0.25, 0.3) is 0 Å². The number of carboxylic acid groups (broad SMARTS) is 1. The predicted octanol–water partition coefficient (Wildman–Crippen LogP) is 0.494. The van der Waals surface area contributed by atoms with Crippen molar-refractivity contribution in [1.29, 1.82) is 0 Å². The van der Waals surface area contributed by atoms with E-state index in [4.69, 9.17) is 0 Å². The lowest BCUT2D eigenvalue weighted by Gasteiger charge is -2.03. The summed E-state index contributed by atoms with van der Waals surface area (Å²) in [7, 11) is 1.98. The van der Waals surface area contributed by atoms with E-state index in [0.717, 1.165) is 24.4 Å². The fourth-order valence-electron chi connectivity index (χ4n) is 2.08. The molecular formula is C13H22N2O2. The highest BCUT2D eigenvalue weighted by atomic mass is 16.4. The Hall–Kier alpha value is -1.32. The third kappa shape index (κ3) is 3.88. The number of aliphatic carboxylic acids is 1. The topological polar surface area (TPSA) is 48.9 Å². The van der Waals surface area contributed by atoms with Gasteiger partial charge in [0.1, 0.15) is 18.4 Å². The monoisotopic (exact) mass is 238 g/mol. The number of nitrogens with zero attached hydrogens (tertiary/aromatic N) is 2. The Morgan fingerprint density at radius 3 is 2.71 bits per heavy atom. The summed E-state index contributed by atoms with van der Waals surface area (Å²) < 4.78 is 3.85. The Kier molecular flexibility index (Phi) is 5.19. The van der Waals surface area contributed by atoms with Crippen LogP contribution < -0.4 is 9.67 Å². The molecule has 0 saturated heterocycles. The molecule has 0 aliphatic carbocycles. The maximum absolute atomic E-state index is 10.7. The minimum atomic E-state index is -1.03. The Morgan fingerprint density at radius 1 is 1.41 bits per heavy atom. The van der Waals surface area contributed by atoms with Gasteiger partial charge in [0.2, 0.25) is 0 Å². The third-order valence-corrected chi connectivity index (χ3v) is 3.14. The van der Waals surface area contributed by atoms with Crippen molar-refractivity contribution in [1.82, 2.24) is 4.57 Å². The van der Waals surface area contributed by atoms with Gasteiger partial charge in [-0.05, 0) is 6.42 Å². The lowest BCUT2D eigenvalue weighted by atomic mass is 10.1. The standard InChI is InChI=1S/C13H22N2O2/c1-4-5-6-7-8-12-14(3)11(2)9-15(12)10-13(16)17/h9H,4-8,10H2,1-3H3. The number of aryl methyl sites for hydroxylation is 1. The van der Waals surface area contributed by atoms with Gasteiger partial charge in [-0.3, -0.25) is 0 Å². The van der Waals surface area contributed by atoms with Crippen molar-refractivity contribution in [3.8, 4) is 0 Å². The van der Waals surface area contributed by atoms with Gasteiger partial charge in [-0.1, -0.05) is 26.2 Å². The SMILES string of the molecule is CCCCCCc1n(C)c(C)c[n+]1CC(=O)[O-]. The lowest BCUT2D eigenvalue weighted by Crippen LogP contribution is -2.45. The molecule has 1 aromatic heterocycles. The van der Waals surface area contributed by atoms with Gasteiger partial charge in [0.15, 0.2) is 0 Å². The van der Waals surface area contributed by atoms with Crippen LogP contribution in [0.2, 0.25) is 0 Å². The van der Waals surface area contributed by atoms with Crippen molar-refractivity contribution in [3.63, 3.8) is 0 Å². The molecule has 4 heteroatoms. The number of aromatic nitrogens is 2. The molecular weight excluding hydrogens is 216 g/mol. The molecule has 17 heavy (non-hydrogen) atoms. The van der Waals surface area contributed by atoms with Gasteiger partial charge in [-0.25, -0.2) is 9.13 Å². The number of carboxylic acids is 1. The van der Waals surface area contributed by atoms with E-state index in [0.29, 0.717) is 0 Å². The number of rotatable bonds is 7. The van der Waals surface area contributed by atoms with Crippen LogP contribution in [0.15, 0.2) is 6.20 Å². The Morgan fingerprint density at radius 2 is 2.12 bits per heavy atom. The van der Waals surface area contributed by atoms with Gasteiger partial charge in [-0.15, -0.1) is 0 Å². The number of carbonyl (C=O) groups excluding carboxylic acids is 1. The predicted molar refractivity (Wildman–Crippen MR) is 63.2 cm³/mol. The second kappa shape index (κ2) is 6.42. The minimum Gasteiger partial charge on any atom is -0.546 e. The summed E-state index contributed by atoms with van der Waals surface area (Å²) in [5, 5.41) is 10.7. The van der Waals surface area contributed by atoms with Crippen molar-refractivity contribution >= 4 is 5.97 Å². The molecule has 0 bridgehead atoms. The first-order valence-electron chi connectivity index (χ1n) is 6.30. The summed E-state index contributed by atoms with van der Waals surface area (Å²) in [6, 6.07) is 0. The molecule has 0 radical (unpaired) electrons. The summed E-state index contributed by atoms with van der Waals surface area (Å²) >= 11 is 0. The summed E-state index contributed by atoms with van der Waals surface area (Å²) in [4.78, 5) is 10.7. The van der Waals surface area contributed by atoms with Crippen LogP contribution in [0.1, 0.15) is 44.1 Å². The molecule has 0 atom stereocenters. The first-order valence-corrected chi connectivity index (χ1v) is 6.30. The van der Waals surface area contributed by atoms with Gasteiger partial charge >= 0.3 is 0 Å². The zero-order valence-corrected chi connectivity index (χ0v) is 11.0. The molecule has 4 nitrogen and oxygen atoms in total. The third-order valence-electron chi connectivity index (χ3n) is 3.14. The fraction of sp³-hybridized carbons (Fsp3) is 0.692. The molecule has 0 aromatic carbocycles. The van der Waals surface area contributed by atoms with Gasteiger partial charge in [0.05, 0.1) is 13.0 Å². The molecule has 0 aliphatic rings. The number of carbonyl (C=O) groups is 1. The molecule has 0 amide bonds. The van der Waals surface area contributed by atoms with Crippen molar-refractivity contribution in [2.45, 2.75) is 52.5 Å². The average molecular weight is 238 g/mol. The number of imidazole rings is 1. The van der Waals surface area contributed by atoms with E-state index in [9.17, 15) is 9.90 Å². The van der Waals surface area contributed by atoms with E-state index in [1.54, 1.807) is 4.57 Å². The quantitative estimate of drug-likeness (QED) is 0.513. The van der Waals surface area contributed by atoms with Crippen LogP contribution in [0.4, 0.5) is 0 Å². The van der Waals surface area contributed by atoms with E-state index in [2.05, 4.69) is 11.5 Å². The highest BCUT2D eigenvalue weighted by molar-refractivity contribution is 5.62. The second-order valence-electron chi connectivity index (χ2n) is 4.56. The van der Waals surface area contributed by atoms with E-state index in [1.807, 2.05) is 20.2 Å². The van der Waals surface area contributed by atoms with Crippen LogP contribution in [0.5, 0.6) is 0 Å². The average Bonchev–Trinajstić information content (AvgIpc) is 2.50. The van der Waals surface area contributed by atoms with E-state index in [1.165, 1.54) is 19.3 Å². The van der Waals surface area contributed by atoms with Gasteiger partial charge in [-0.2, -0.15) is 0 Å². The highest BCUT2D eigenvalue weighted by Crippen LogP contribution is 2.07. The Labute approximate surface area is 103 Å². The maximum atomic E-state index is 10.7. The first-order chi connectivity index (χ1) is 8.06. The van der Waals surface area contributed by atoms with Gasteiger partial charge < -0.3 is 9.90 Å². The first kappa shape index (κ1) is 13.7. The van der Waals surface area contributed by atoms with Crippen LogP contribution in [0.3, 0.4) is 0 Å². The molecule has 0 fully saturated rings. The summed E-state index contributed by atoms with van der Waals surface area (Å²) in [6.45, 7) is 4.12. The Balaban J connectivity index is 2.70. The fourth-order valence-corrected chi connectivity index (χ4v) is 2.08. The zero-order chi connectivity index (χ0) is 12.8.